The van der Waals surface area contributed by atoms with Crippen LogP contribution in [-0.4, -0.2) is 71.7 Å². The molecule has 3 amide bonds. The molecule has 3 saturated heterocycles. The van der Waals surface area contributed by atoms with Gasteiger partial charge in [0.15, 0.2) is 0 Å². The van der Waals surface area contributed by atoms with Gasteiger partial charge in [0.25, 0.3) is 0 Å². The van der Waals surface area contributed by atoms with E-state index >= 15 is 0 Å². The zero-order chi connectivity index (χ0) is 22.1. The molecule has 3 N–H and O–H groups in total. The van der Waals surface area contributed by atoms with Crippen LogP contribution in [0, 0.1) is 17.8 Å². The Bertz CT molecular complexity index is 686. The summed E-state index contributed by atoms with van der Waals surface area (Å²) in [4.78, 5) is 41.4. The summed E-state index contributed by atoms with van der Waals surface area (Å²) < 4.78 is 6.55. The number of rotatable bonds is 10. The standard InChI is InChI=1S/C22H37N3O5/c1-5-6-7-10-24-19(28)17-22-13-14(2)21(3,30-22)15(18(27)23-4)16(22)20(29)25(17)11-8-9-12-26/h14-17,26H,5-13H2,1-4H3,(H,23,27)(H,24,28)/t14?,15-,16+,17?,21+,22?/m1/s1. The molecule has 0 aromatic heterocycles. The van der Waals surface area contributed by atoms with E-state index in [0.717, 1.165) is 19.3 Å². The summed E-state index contributed by atoms with van der Waals surface area (Å²) in [6.45, 7) is 7.03. The summed E-state index contributed by atoms with van der Waals surface area (Å²) >= 11 is 0. The van der Waals surface area contributed by atoms with E-state index in [9.17, 15) is 14.4 Å². The first-order valence-electron chi connectivity index (χ1n) is 11.4. The minimum Gasteiger partial charge on any atom is -0.396 e. The molecule has 0 aromatic rings. The minimum atomic E-state index is -0.976. The first kappa shape index (κ1) is 23.0. The molecule has 0 radical (unpaired) electrons. The number of likely N-dealkylation sites (tertiary alicyclic amines) is 1. The maximum Gasteiger partial charge on any atom is 0.245 e. The van der Waals surface area contributed by atoms with Gasteiger partial charge in [0, 0.05) is 26.7 Å². The van der Waals surface area contributed by atoms with E-state index in [1.807, 2.05) is 13.8 Å². The lowest BCUT2D eigenvalue weighted by Crippen LogP contribution is -2.56. The molecule has 0 aromatic carbocycles. The number of ether oxygens (including phenoxy) is 1. The van der Waals surface area contributed by atoms with E-state index in [4.69, 9.17) is 9.84 Å². The zero-order valence-electron chi connectivity index (χ0n) is 18.7. The fourth-order valence-corrected chi connectivity index (χ4v) is 5.91. The molecule has 0 aliphatic carbocycles. The average Bonchev–Trinajstić information content (AvgIpc) is 3.22. The molecule has 3 unspecified atom stereocenters. The fourth-order valence-electron chi connectivity index (χ4n) is 5.91. The topological polar surface area (TPSA) is 108 Å². The van der Waals surface area contributed by atoms with Gasteiger partial charge in [-0.15, -0.1) is 0 Å². The second-order valence-corrected chi connectivity index (χ2v) is 9.28. The van der Waals surface area contributed by atoms with Crippen LogP contribution < -0.4 is 10.6 Å². The summed E-state index contributed by atoms with van der Waals surface area (Å²) in [6, 6.07) is -0.741. The number of carbonyl (C=O) groups is 3. The lowest BCUT2D eigenvalue weighted by Gasteiger charge is -2.36. The predicted molar refractivity (Wildman–Crippen MR) is 111 cm³/mol. The van der Waals surface area contributed by atoms with Crippen molar-refractivity contribution in [3.8, 4) is 0 Å². The largest absolute Gasteiger partial charge is 0.396 e. The van der Waals surface area contributed by atoms with Crippen LogP contribution in [0.5, 0.6) is 0 Å². The second kappa shape index (κ2) is 8.83. The number of unbranched alkanes of at least 4 members (excludes halogenated alkanes) is 3. The van der Waals surface area contributed by atoms with E-state index in [1.54, 1.807) is 11.9 Å². The van der Waals surface area contributed by atoms with Crippen LogP contribution in [0.1, 0.15) is 59.3 Å². The molecule has 3 fully saturated rings. The van der Waals surface area contributed by atoms with Crippen LogP contribution in [0.25, 0.3) is 0 Å². The molecule has 2 bridgehead atoms. The quantitative estimate of drug-likeness (QED) is 0.451. The van der Waals surface area contributed by atoms with Gasteiger partial charge in [-0.1, -0.05) is 26.7 Å². The fraction of sp³-hybridized carbons (Fsp3) is 0.864. The molecule has 3 heterocycles. The minimum absolute atomic E-state index is 0.0386. The molecule has 3 aliphatic heterocycles. The third kappa shape index (κ3) is 3.42. The Morgan fingerprint density at radius 2 is 1.97 bits per heavy atom. The first-order valence-corrected chi connectivity index (χ1v) is 11.4. The highest BCUT2D eigenvalue weighted by Gasteiger charge is 2.79. The number of fused-ring (bicyclic) bond motifs is 1. The van der Waals surface area contributed by atoms with Crippen molar-refractivity contribution in [3.63, 3.8) is 0 Å². The van der Waals surface area contributed by atoms with Crippen LogP contribution in [-0.2, 0) is 19.1 Å². The highest BCUT2D eigenvalue weighted by molar-refractivity contribution is 5.99. The Balaban J connectivity index is 1.94. The number of hydrogen-bond acceptors (Lipinski definition) is 5. The van der Waals surface area contributed by atoms with Gasteiger partial charge >= 0.3 is 0 Å². The second-order valence-electron chi connectivity index (χ2n) is 9.28. The lowest BCUT2D eigenvalue weighted by molar-refractivity contribution is -0.147. The Hall–Kier alpha value is -1.67. The van der Waals surface area contributed by atoms with Crippen LogP contribution in [0.3, 0.4) is 0 Å². The monoisotopic (exact) mass is 423 g/mol. The number of aliphatic hydroxyl groups is 1. The molecule has 6 atom stereocenters. The number of hydrogen-bond donors (Lipinski definition) is 3. The van der Waals surface area contributed by atoms with Gasteiger partial charge in [-0.05, 0) is 38.5 Å². The van der Waals surface area contributed by atoms with Gasteiger partial charge in [0.2, 0.25) is 17.7 Å². The molecule has 30 heavy (non-hydrogen) atoms. The summed E-state index contributed by atoms with van der Waals surface area (Å²) in [5.41, 5.74) is -1.74. The molecular weight excluding hydrogens is 386 g/mol. The summed E-state index contributed by atoms with van der Waals surface area (Å²) in [6.07, 6.45) is 4.71. The van der Waals surface area contributed by atoms with Gasteiger partial charge in [-0.25, -0.2) is 0 Å². The Labute approximate surface area is 179 Å². The van der Waals surface area contributed by atoms with Crippen LogP contribution in [0.4, 0.5) is 0 Å². The summed E-state index contributed by atoms with van der Waals surface area (Å²) in [7, 11) is 1.57. The number of amides is 3. The maximum absolute atomic E-state index is 13.6. The van der Waals surface area contributed by atoms with E-state index in [1.165, 1.54) is 0 Å². The van der Waals surface area contributed by atoms with Gasteiger partial charge in [-0.2, -0.15) is 0 Å². The van der Waals surface area contributed by atoms with Crippen molar-refractivity contribution >= 4 is 17.7 Å². The van der Waals surface area contributed by atoms with Crippen molar-refractivity contribution in [2.45, 2.75) is 76.5 Å². The molecular formula is C22H37N3O5. The van der Waals surface area contributed by atoms with Crippen LogP contribution in [0.2, 0.25) is 0 Å². The van der Waals surface area contributed by atoms with Crippen LogP contribution in [0.15, 0.2) is 0 Å². The van der Waals surface area contributed by atoms with E-state index < -0.39 is 29.1 Å². The zero-order valence-corrected chi connectivity index (χ0v) is 18.7. The highest BCUT2D eigenvalue weighted by atomic mass is 16.5. The Kier molecular flexibility index (Phi) is 6.77. The van der Waals surface area contributed by atoms with Crippen molar-refractivity contribution in [3.05, 3.63) is 0 Å². The van der Waals surface area contributed by atoms with E-state index in [0.29, 0.717) is 32.4 Å². The van der Waals surface area contributed by atoms with Crippen molar-refractivity contribution in [2.75, 3.05) is 26.7 Å². The van der Waals surface area contributed by atoms with Gasteiger partial charge in [0.05, 0.1) is 17.4 Å². The molecule has 3 aliphatic rings. The number of aliphatic hydroxyl groups excluding tert-OH is 1. The molecule has 0 saturated carbocycles. The van der Waals surface area contributed by atoms with Gasteiger partial charge < -0.3 is 25.4 Å². The van der Waals surface area contributed by atoms with Crippen molar-refractivity contribution in [2.24, 2.45) is 17.8 Å². The Morgan fingerprint density at radius 3 is 2.60 bits per heavy atom. The van der Waals surface area contributed by atoms with Crippen LogP contribution >= 0.6 is 0 Å². The van der Waals surface area contributed by atoms with Crippen molar-refractivity contribution in [1.82, 2.24) is 15.5 Å². The van der Waals surface area contributed by atoms with Crippen molar-refractivity contribution < 1.29 is 24.2 Å². The number of nitrogens with zero attached hydrogens (tertiary/aromatic N) is 1. The summed E-state index contributed by atoms with van der Waals surface area (Å²) in [5, 5.41) is 14.9. The maximum atomic E-state index is 13.6. The normalized spacial score (nSPS) is 36.8. The molecule has 8 nitrogen and oxygen atoms in total. The third-order valence-electron chi connectivity index (χ3n) is 7.48. The SMILES string of the molecule is CCCCCNC(=O)C1N(CCCCO)C(=O)[C@@H]2[C@H](C(=O)NC)[C@@]3(C)OC12CC3C. The number of carbonyl (C=O) groups excluding carboxylic acids is 3. The third-order valence-corrected chi connectivity index (χ3v) is 7.48. The van der Waals surface area contributed by atoms with Crippen molar-refractivity contribution in [1.29, 1.82) is 0 Å². The number of nitrogens with one attached hydrogen (secondary N) is 2. The first-order chi connectivity index (χ1) is 14.3. The molecule has 1 spiro atoms. The molecule has 8 heteroatoms. The predicted octanol–water partition coefficient (Wildman–Crippen LogP) is 0.822. The summed E-state index contributed by atoms with van der Waals surface area (Å²) in [5.74, 6) is -1.79. The Morgan fingerprint density at radius 1 is 1.23 bits per heavy atom. The smallest absolute Gasteiger partial charge is 0.245 e. The van der Waals surface area contributed by atoms with Gasteiger partial charge in [0.1, 0.15) is 11.6 Å². The van der Waals surface area contributed by atoms with E-state index in [2.05, 4.69) is 17.6 Å². The van der Waals surface area contributed by atoms with Gasteiger partial charge in [-0.3, -0.25) is 14.4 Å². The van der Waals surface area contributed by atoms with E-state index in [-0.39, 0.29) is 30.2 Å². The average molecular weight is 424 g/mol. The highest BCUT2D eigenvalue weighted by Crippen LogP contribution is 2.65. The molecule has 3 rings (SSSR count). The lowest BCUT2D eigenvalue weighted by atomic mass is 9.62. The molecule has 170 valence electrons.